The third kappa shape index (κ3) is 7.97. The molecule has 0 bridgehead atoms. The van der Waals surface area contributed by atoms with Crippen LogP contribution in [-0.2, 0) is 27.6 Å². The number of ether oxygens (including phenoxy) is 2. The van der Waals surface area contributed by atoms with E-state index in [1.807, 2.05) is 26.0 Å². The zero-order valence-electron chi connectivity index (χ0n) is 37.6. The highest BCUT2D eigenvalue weighted by atomic mass is 32.2. The summed E-state index contributed by atoms with van der Waals surface area (Å²) in [6, 6.07) is 20.1. The number of sulfone groups is 1. The van der Waals surface area contributed by atoms with Crippen molar-refractivity contribution in [2.75, 3.05) is 11.9 Å². The van der Waals surface area contributed by atoms with Gasteiger partial charge in [0.25, 0.3) is 23.6 Å². The SMILES string of the molecule is Cc1ccc(Oc2c(C)cc(C(C)(C)c3cc(C)c(Oc4ccc(N5C(=O)c6ccc(S(=O)(=O)c7ccc8c(c7)C(=O)N(C)C8=O)cc6C5=O)cc4C(F)(F)F)c(C)c3)cc2C)c(C(F)(F)F)c1. The molecule has 0 atom stereocenters. The molecule has 17 heteroatoms. The second kappa shape index (κ2) is 16.2. The van der Waals surface area contributed by atoms with Gasteiger partial charge in [-0.3, -0.25) is 24.1 Å². The number of carbonyl (C=O) groups excluding carboxylic acids is 4. The molecule has 0 aliphatic carbocycles. The highest BCUT2D eigenvalue weighted by molar-refractivity contribution is 7.91. The predicted octanol–water partition coefficient (Wildman–Crippen LogP) is 12.0. The molecular weight excluding hydrogens is 915 g/mol. The van der Waals surface area contributed by atoms with E-state index in [-0.39, 0.29) is 44.4 Å². The van der Waals surface area contributed by atoms with Gasteiger partial charge in [-0.25, -0.2) is 13.3 Å². The van der Waals surface area contributed by atoms with Crippen molar-refractivity contribution in [1.82, 2.24) is 4.90 Å². The van der Waals surface area contributed by atoms with Crippen LogP contribution < -0.4 is 14.4 Å². The van der Waals surface area contributed by atoms with E-state index in [1.165, 1.54) is 25.2 Å². The van der Waals surface area contributed by atoms with E-state index in [4.69, 9.17) is 9.47 Å². The summed E-state index contributed by atoms with van der Waals surface area (Å²) in [5.74, 6) is -3.99. The number of aryl methyl sites for hydroxylation is 5. The number of carbonyl (C=O) groups is 4. The summed E-state index contributed by atoms with van der Waals surface area (Å²) in [5.41, 5.74) is -0.109. The van der Waals surface area contributed by atoms with Crippen LogP contribution in [0.1, 0.15) is 105 Å². The zero-order valence-corrected chi connectivity index (χ0v) is 38.4. The highest BCUT2D eigenvalue weighted by Gasteiger charge is 2.42. The van der Waals surface area contributed by atoms with Gasteiger partial charge in [0.1, 0.15) is 28.6 Å². The van der Waals surface area contributed by atoms with Crippen LogP contribution in [0.15, 0.2) is 107 Å². The number of rotatable bonds is 9. The Balaban J connectivity index is 1.06. The Morgan fingerprint density at radius 2 is 0.882 bits per heavy atom. The average molecular weight is 955 g/mol. The second-order valence-corrected chi connectivity index (χ2v) is 19.4. The Morgan fingerprint density at radius 3 is 1.35 bits per heavy atom. The van der Waals surface area contributed by atoms with Gasteiger partial charge in [0, 0.05) is 12.5 Å². The molecule has 6 aromatic carbocycles. The smallest absolute Gasteiger partial charge is 0.420 e. The minimum Gasteiger partial charge on any atom is -0.456 e. The monoisotopic (exact) mass is 954 g/mol. The number of anilines is 1. The maximum Gasteiger partial charge on any atom is 0.420 e. The van der Waals surface area contributed by atoms with Gasteiger partial charge < -0.3 is 9.47 Å². The summed E-state index contributed by atoms with van der Waals surface area (Å²) in [4.78, 5) is 52.8. The molecule has 0 N–H and O–H groups in total. The topological polar surface area (TPSA) is 127 Å². The van der Waals surface area contributed by atoms with Crippen LogP contribution in [-0.4, -0.2) is 44.0 Å². The third-order valence-corrected chi connectivity index (χ3v) is 14.0. The van der Waals surface area contributed by atoms with Gasteiger partial charge in [0.15, 0.2) is 0 Å². The van der Waals surface area contributed by atoms with Gasteiger partial charge >= 0.3 is 12.4 Å². The van der Waals surface area contributed by atoms with Gasteiger partial charge in [-0.2, -0.15) is 26.3 Å². The second-order valence-electron chi connectivity index (χ2n) is 17.4. The van der Waals surface area contributed by atoms with E-state index in [9.17, 15) is 53.9 Å². The molecule has 2 aliphatic rings. The Labute approximate surface area is 386 Å². The molecule has 350 valence electrons. The quantitative estimate of drug-likeness (QED) is 0.104. The van der Waals surface area contributed by atoms with Crippen molar-refractivity contribution < 1.29 is 63.4 Å². The summed E-state index contributed by atoms with van der Waals surface area (Å²) < 4.78 is 126. The minimum absolute atomic E-state index is 0.00875. The number of fused-ring (bicyclic) bond motifs is 2. The number of hydrogen-bond donors (Lipinski definition) is 0. The van der Waals surface area contributed by atoms with Gasteiger partial charge in [-0.05, 0) is 135 Å². The molecule has 0 aromatic heterocycles. The first-order chi connectivity index (χ1) is 31.6. The molecule has 0 saturated heterocycles. The van der Waals surface area contributed by atoms with Crippen molar-refractivity contribution in [3.05, 3.63) is 169 Å². The summed E-state index contributed by atoms with van der Waals surface area (Å²) in [5, 5.41) is 0. The van der Waals surface area contributed by atoms with E-state index in [2.05, 4.69) is 0 Å². The number of nitrogens with zero attached hydrogens (tertiary/aromatic N) is 2. The number of benzene rings is 6. The van der Waals surface area contributed by atoms with Crippen molar-refractivity contribution in [3.8, 4) is 23.0 Å². The normalized spacial score (nSPS) is 14.2. The Hall–Kier alpha value is -7.27. The first-order valence-corrected chi connectivity index (χ1v) is 22.3. The highest BCUT2D eigenvalue weighted by Crippen LogP contribution is 2.46. The van der Waals surface area contributed by atoms with Crippen LogP contribution in [0.5, 0.6) is 23.0 Å². The maximum atomic E-state index is 14.8. The van der Waals surface area contributed by atoms with Crippen molar-refractivity contribution in [1.29, 1.82) is 0 Å². The summed E-state index contributed by atoms with van der Waals surface area (Å²) in [6.07, 6.45) is -9.69. The van der Waals surface area contributed by atoms with Crippen molar-refractivity contribution in [2.45, 2.75) is 76.0 Å². The van der Waals surface area contributed by atoms with E-state index in [0.29, 0.717) is 38.8 Å². The molecule has 0 spiro atoms. The van der Waals surface area contributed by atoms with E-state index >= 15 is 0 Å². The molecule has 8 rings (SSSR count). The number of amides is 4. The first kappa shape index (κ1) is 47.2. The fourth-order valence-corrected chi connectivity index (χ4v) is 9.83. The molecular formula is C51H40F6N2O8S. The Kier molecular flexibility index (Phi) is 11.3. The first-order valence-electron chi connectivity index (χ1n) is 20.8. The predicted molar refractivity (Wildman–Crippen MR) is 238 cm³/mol. The summed E-state index contributed by atoms with van der Waals surface area (Å²) in [6.45, 7) is 12.2. The molecule has 6 aromatic rings. The van der Waals surface area contributed by atoms with Gasteiger partial charge in [-0.1, -0.05) is 49.7 Å². The average Bonchev–Trinajstić information content (AvgIpc) is 3.64. The lowest BCUT2D eigenvalue weighted by Crippen LogP contribution is -2.29. The fraction of sp³-hybridized carbons (Fsp3) is 0.216. The standard InChI is InChI=1S/C51H40F6N2O8S/c1-25-9-15-41(39(17-25)50(52,53)54)66-43-26(2)18-30(19-27(43)3)49(6,7)31-20-28(4)44(29(5)21-31)67-42-16-10-32(22-40(42)51(55,56)57)59-47(62)36-14-12-34(24-38(36)48(59)63)68(64,65)33-11-13-35-37(23-33)46(61)58(8)45(35)60/h9-24H,1-8H3. The summed E-state index contributed by atoms with van der Waals surface area (Å²) in [7, 11) is -3.19. The lowest BCUT2D eigenvalue weighted by atomic mass is 9.76. The maximum absolute atomic E-state index is 14.8. The number of hydrogen-bond acceptors (Lipinski definition) is 8. The van der Waals surface area contributed by atoms with Crippen LogP contribution in [0.25, 0.3) is 0 Å². The molecule has 0 fully saturated rings. The number of halogens is 6. The molecule has 2 heterocycles. The zero-order chi connectivity index (χ0) is 49.7. The van der Waals surface area contributed by atoms with Crippen molar-refractivity contribution in [2.24, 2.45) is 0 Å². The van der Waals surface area contributed by atoms with Crippen LogP contribution in [0.4, 0.5) is 32.0 Å². The lowest BCUT2D eigenvalue weighted by molar-refractivity contribution is -0.139. The molecule has 2 aliphatic heterocycles. The van der Waals surface area contributed by atoms with E-state index in [1.54, 1.807) is 46.8 Å². The van der Waals surface area contributed by atoms with Crippen molar-refractivity contribution >= 4 is 39.2 Å². The van der Waals surface area contributed by atoms with Crippen LogP contribution in [0.3, 0.4) is 0 Å². The summed E-state index contributed by atoms with van der Waals surface area (Å²) >= 11 is 0. The number of alkyl halides is 6. The molecule has 68 heavy (non-hydrogen) atoms. The number of imide groups is 2. The van der Waals surface area contributed by atoms with Crippen LogP contribution >= 0.6 is 0 Å². The van der Waals surface area contributed by atoms with Crippen molar-refractivity contribution in [3.63, 3.8) is 0 Å². The largest absolute Gasteiger partial charge is 0.456 e. The van der Waals surface area contributed by atoms with E-state index < -0.39 is 78.7 Å². The van der Waals surface area contributed by atoms with E-state index in [0.717, 1.165) is 64.6 Å². The Morgan fingerprint density at radius 1 is 0.485 bits per heavy atom. The molecule has 0 radical (unpaired) electrons. The van der Waals surface area contributed by atoms with Gasteiger partial charge in [0.2, 0.25) is 9.84 Å². The lowest BCUT2D eigenvalue weighted by Gasteiger charge is -2.29. The molecule has 0 unspecified atom stereocenters. The fourth-order valence-electron chi connectivity index (χ4n) is 8.52. The third-order valence-electron chi connectivity index (χ3n) is 12.3. The molecule has 0 saturated carbocycles. The van der Waals surface area contributed by atoms with Gasteiger partial charge in [-0.15, -0.1) is 0 Å². The Bertz CT molecular complexity index is 3280. The van der Waals surface area contributed by atoms with Crippen LogP contribution in [0.2, 0.25) is 0 Å². The minimum atomic E-state index is -5.05. The van der Waals surface area contributed by atoms with Gasteiger partial charge in [0.05, 0.1) is 43.3 Å². The van der Waals surface area contributed by atoms with Crippen LogP contribution in [0, 0.1) is 34.6 Å². The molecule has 10 nitrogen and oxygen atoms in total. The molecule has 4 amide bonds.